The van der Waals surface area contributed by atoms with E-state index in [1.54, 1.807) is 25.1 Å². The second-order valence-electron chi connectivity index (χ2n) is 6.26. The van der Waals surface area contributed by atoms with E-state index in [2.05, 4.69) is 19.1 Å². The molecule has 0 N–H and O–H groups in total. The molecular weight excluding hydrogens is 366 g/mol. The van der Waals surface area contributed by atoms with Crippen LogP contribution in [0.1, 0.15) is 12.5 Å². The molecule has 0 spiro atoms. The molecular formula is C24H23NO2S. The normalized spacial score (nSPS) is 12.0. The Balaban J connectivity index is 1.86. The fourth-order valence-electron chi connectivity index (χ4n) is 2.39. The van der Waals surface area contributed by atoms with Crippen LogP contribution in [0.3, 0.4) is 0 Å². The van der Waals surface area contributed by atoms with Crippen molar-refractivity contribution in [2.45, 2.75) is 18.7 Å². The molecule has 0 saturated carbocycles. The van der Waals surface area contributed by atoms with E-state index in [0.717, 1.165) is 32.7 Å². The zero-order valence-electron chi connectivity index (χ0n) is 16.3. The SMILES string of the molecule is COc1ccc(N=C(Sc2ccccc2)C(C)=COc2ccc(C)cc2)cc1. The van der Waals surface area contributed by atoms with E-state index in [9.17, 15) is 0 Å². The Labute approximate surface area is 170 Å². The zero-order valence-corrected chi connectivity index (χ0v) is 17.1. The highest BCUT2D eigenvalue weighted by Crippen LogP contribution is 2.27. The van der Waals surface area contributed by atoms with Gasteiger partial charge in [-0.1, -0.05) is 47.7 Å². The lowest BCUT2D eigenvalue weighted by Gasteiger charge is -2.09. The topological polar surface area (TPSA) is 30.8 Å². The van der Waals surface area contributed by atoms with E-state index < -0.39 is 0 Å². The Hall–Kier alpha value is -2.98. The maximum absolute atomic E-state index is 5.84. The van der Waals surface area contributed by atoms with Gasteiger partial charge in [0.05, 0.1) is 19.1 Å². The summed E-state index contributed by atoms with van der Waals surface area (Å²) in [7, 11) is 1.66. The van der Waals surface area contributed by atoms with Crippen molar-refractivity contribution in [1.82, 2.24) is 0 Å². The molecule has 0 aliphatic heterocycles. The molecule has 3 nitrogen and oxygen atoms in total. The Kier molecular flexibility index (Phi) is 6.93. The summed E-state index contributed by atoms with van der Waals surface area (Å²) in [4.78, 5) is 5.95. The van der Waals surface area contributed by atoms with Gasteiger partial charge in [0, 0.05) is 10.5 Å². The molecule has 0 aliphatic carbocycles. The van der Waals surface area contributed by atoms with Crippen molar-refractivity contribution in [3.05, 3.63) is 96.3 Å². The molecule has 0 fully saturated rings. The van der Waals surface area contributed by atoms with E-state index in [0.29, 0.717) is 0 Å². The predicted octanol–water partition coefficient (Wildman–Crippen LogP) is 6.81. The number of nitrogens with zero attached hydrogens (tertiary/aromatic N) is 1. The lowest BCUT2D eigenvalue weighted by atomic mass is 10.2. The van der Waals surface area contributed by atoms with Gasteiger partial charge < -0.3 is 9.47 Å². The summed E-state index contributed by atoms with van der Waals surface area (Å²) in [5.41, 5.74) is 3.02. The van der Waals surface area contributed by atoms with Crippen molar-refractivity contribution < 1.29 is 9.47 Å². The summed E-state index contributed by atoms with van der Waals surface area (Å²) in [5, 5.41) is 0.878. The molecule has 0 unspecified atom stereocenters. The van der Waals surface area contributed by atoms with Gasteiger partial charge in [-0.15, -0.1) is 0 Å². The average Bonchev–Trinajstić information content (AvgIpc) is 2.74. The average molecular weight is 390 g/mol. The number of thioether (sulfide) groups is 1. The van der Waals surface area contributed by atoms with Crippen LogP contribution in [0.4, 0.5) is 5.69 Å². The van der Waals surface area contributed by atoms with Crippen LogP contribution in [0.15, 0.2) is 101 Å². The van der Waals surface area contributed by atoms with Crippen molar-refractivity contribution in [2.24, 2.45) is 4.99 Å². The smallest absolute Gasteiger partial charge is 0.126 e. The number of rotatable bonds is 6. The summed E-state index contributed by atoms with van der Waals surface area (Å²) in [6.07, 6.45) is 1.75. The molecule has 0 atom stereocenters. The lowest BCUT2D eigenvalue weighted by Crippen LogP contribution is -1.97. The summed E-state index contributed by atoms with van der Waals surface area (Å²) < 4.78 is 11.1. The molecule has 3 rings (SSSR count). The summed E-state index contributed by atoms with van der Waals surface area (Å²) in [6, 6.07) is 25.9. The predicted molar refractivity (Wildman–Crippen MR) is 118 cm³/mol. The minimum absolute atomic E-state index is 0.804. The van der Waals surface area contributed by atoms with Crippen LogP contribution in [-0.4, -0.2) is 12.2 Å². The van der Waals surface area contributed by atoms with Gasteiger partial charge in [-0.2, -0.15) is 0 Å². The van der Waals surface area contributed by atoms with Crippen molar-refractivity contribution in [3.8, 4) is 11.5 Å². The second kappa shape index (κ2) is 9.81. The third-order valence-corrected chi connectivity index (χ3v) is 5.11. The van der Waals surface area contributed by atoms with E-state index in [1.165, 1.54) is 5.56 Å². The fraction of sp³-hybridized carbons (Fsp3) is 0.125. The first-order chi connectivity index (χ1) is 13.6. The fourth-order valence-corrected chi connectivity index (χ4v) is 3.27. The molecule has 0 heterocycles. The molecule has 4 heteroatoms. The van der Waals surface area contributed by atoms with Gasteiger partial charge >= 0.3 is 0 Å². The molecule has 0 bridgehead atoms. The molecule has 0 saturated heterocycles. The Morgan fingerprint density at radius 1 is 0.857 bits per heavy atom. The minimum atomic E-state index is 0.804. The quantitative estimate of drug-likeness (QED) is 0.201. The Morgan fingerprint density at radius 2 is 1.50 bits per heavy atom. The molecule has 142 valence electrons. The number of aliphatic imine (C=N–C) groups is 1. The maximum atomic E-state index is 5.84. The Morgan fingerprint density at radius 3 is 2.14 bits per heavy atom. The molecule has 3 aromatic carbocycles. The summed E-state index contributed by atoms with van der Waals surface area (Å²) in [5.74, 6) is 1.62. The maximum Gasteiger partial charge on any atom is 0.126 e. The number of benzene rings is 3. The van der Waals surface area contributed by atoms with Crippen LogP contribution in [-0.2, 0) is 0 Å². The molecule has 0 amide bonds. The van der Waals surface area contributed by atoms with E-state index >= 15 is 0 Å². The highest BCUT2D eigenvalue weighted by atomic mass is 32.2. The standard InChI is InChI=1S/C24H23NO2S/c1-18-9-13-22(14-10-18)27-17-19(2)24(28-23-7-5-4-6-8-23)25-20-11-15-21(26-3)16-12-20/h4-17H,1-3H3. The van der Waals surface area contributed by atoms with E-state index in [1.807, 2.05) is 73.7 Å². The van der Waals surface area contributed by atoms with E-state index in [4.69, 9.17) is 14.5 Å². The monoisotopic (exact) mass is 389 g/mol. The van der Waals surface area contributed by atoms with Crippen LogP contribution in [0.2, 0.25) is 0 Å². The number of hydrogen-bond donors (Lipinski definition) is 0. The first-order valence-electron chi connectivity index (χ1n) is 9.00. The van der Waals surface area contributed by atoms with Crippen molar-refractivity contribution >= 4 is 22.5 Å². The molecule has 0 radical (unpaired) electrons. The van der Waals surface area contributed by atoms with Crippen LogP contribution >= 0.6 is 11.8 Å². The van der Waals surface area contributed by atoms with Crippen LogP contribution < -0.4 is 9.47 Å². The van der Waals surface area contributed by atoms with Gasteiger partial charge in [0.1, 0.15) is 16.5 Å². The highest BCUT2D eigenvalue weighted by Gasteiger charge is 2.07. The van der Waals surface area contributed by atoms with Crippen LogP contribution in [0.5, 0.6) is 11.5 Å². The number of methoxy groups -OCH3 is 1. The largest absolute Gasteiger partial charge is 0.497 e. The number of hydrogen-bond acceptors (Lipinski definition) is 4. The third-order valence-electron chi connectivity index (χ3n) is 3.99. The zero-order chi connectivity index (χ0) is 19.8. The van der Waals surface area contributed by atoms with Gasteiger partial charge in [-0.3, -0.25) is 0 Å². The number of aryl methyl sites for hydroxylation is 1. The van der Waals surface area contributed by atoms with Crippen LogP contribution in [0.25, 0.3) is 0 Å². The highest BCUT2D eigenvalue weighted by molar-refractivity contribution is 8.14. The first kappa shape index (κ1) is 19.8. The molecule has 0 aliphatic rings. The minimum Gasteiger partial charge on any atom is -0.497 e. The van der Waals surface area contributed by atoms with Gasteiger partial charge in [0.2, 0.25) is 0 Å². The Bertz CT molecular complexity index is 946. The summed E-state index contributed by atoms with van der Waals surface area (Å²) >= 11 is 1.61. The molecule has 0 aromatic heterocycles. The van der Waals surface area contributed by atoms with Crippen molar-refractivity contribution in [1.29, 1.82) is 0 Å². The van der Waals surface area contributed by atoms with Crippen LogP contribution in [0, 0.1) is 6.92 Å². The third kappa shape index (κ3) is 5.76. The van der Waals surface area contributed by atoms with Gasteiger partial charge in [0.25, 0.3) is 0 Å². The van der Waals surface area contributed by atoms with Crippen molar-refractivity contribution in [3.63, 3.8) is 0 Å². The van der Waals surface area contributed by atoms with Gasteiger partial charge in [-0.05, 0) is 62.4 Å². The van der Waals surface area contributed by atoms with Gasteiger partial charge in [-0.25, -0.2) is 4.99 Å². The molecule has 28 heavy (non-hydrogen) atoms. The second-order valence-corrected chi connectivity index (χ2v) is 7.32. The van der Waals surface area contributed by atoms with Crippen molar-refractivity contribution in [2.75, 3.05) is 7.11 Å². The summed E-state index contributed by atoms with van der Waals surface area (Å²) in [6.45, 7) is 4.06. The first-order valence-corrected chi connectivity index (χ1v) is 9.82. The lowest BCUT2D eigenvalue weighted by molar-refractivity contribution is 0.415. The van der Waals surface area contributed by atoms with E-state index in [-0.39, 0.29) is 0 Å². The molecule has 3 aromatic rings. The number of ether oxygens (including phenoxy) is 2. The van der Waals surface area contributed by atoms with Gasteiger partial charge in [0.15, 0.2) is 0 Å².